The van der Waals surface area contributed by atoms with Gasteiger partial charge in [-0.3, -0.25) is 4.99 Å². The SMILES string of the molecule is COc1ccc(C=Nc2cnc(N)nc2N)cc1. The van der Waals surface area contributed by atoms with E-state index in [0.717, 1.165) is 11.3 Å². The Morgan fingerprint density at radius 1 is 1.22 bits per heavy atom. The Balaban J connectivity index is 2.19. The molecule has 0 bridgehead atoms. The van der Waals surface area contributed by atoms with Crippen molar-refractivity contribution in [2.24, 2.45) is 4.99 Å². The summed E-state index contributed by atoms with van der Waals surface area (Å²) in [5, 5.41) is 0. The molecule has 0 aliphatic carbocycles. The van der Waals surface area contributed by atoms with Crippen LogP contribution in [0.5, 0.6) is 5.75 Å². The molecule has 4 N–H and O–H groups in total. The highest BCUT2D eigenvalue weighted by Crippen LogP contribution is 2.18. The van der Waals surface area contributed by atoms with Crippen molar-refractivity contribution >= 4 is 23.7 Å². The van der Waals surface area contributed by atoms with Crippen LogP contribution in [0.3, 0.4) is 0 Å². The summed E-state index contributed by atoms with van der Waals surface area (Å²) in [5.41, 5.74) is 12.5. The molecule has 2 aromatic rings. The van der Waals surface area contributed by atoms with E-state index in [1.807, 2.05) is 24.3 Å². The fourth-order valence-electron chi connectivity index (χ4n) is 1.34. The highest BCUT2D eigenvalue weighted by Gasteiger charge is 1.99. The van der Waals surface area contributed by atoms with E-state index in [0.29, 0.717) is 5.69 Å². The van der Waals surface area contributed by atoms with Gasteiger partial charge in [-0.1, -0.05) is 0 Å². The summed E-state index contributed by atoms with van der Waals surface area (Å²) in [5.74, 6) is 1.19. The molecule has 0 aliphatic heterocycles. The number of benzene rings is 1. The molecule has 0 atom stereocenters. The van der Waals surface area contributed by atoms with Gasteiger partial charge in [-0.15, -0.1) is 0 Å². The van der Waals surface area contributed by atoms with Crippen LogP contribution in [-0.2, 0) is 0 Å². The maximum Gasteiger partial charge on any atom is 0.222 e. The Labute approximate surface area is 104 Å². The monoisotopic (exact) mass is 243 g/mol. The fourth-order valence-corrected chi connectivity index (χ4v) is 1.34. The van der Waals surface area contributed by atoms with Gasteiger partial charge in [0.05, 0.1) is 13.3 Å². The maximum absolute atomic E-state index is 5.67. The Kier molecular flexibility index (Phi) is 3.38. The first-order valence-electron chi connectivity index (χ1n) is 5.25. The third-order valence-corrected chi connectivity index (χ3v) is 2.29. The van der Waals surface area contributed by atoms with Crippen molar-refractivity contribution in [3.63, 3.8) is 0 Å². The summed E-state index contributed by atoms with van der Waals surface area (Å²) in [6.45, 7) is 0. The molecule has 1 heterocycles. The van der Waals surface area contributed by atoms with Gasteiger partial charge in [-0.2, -0.15) is 4.98 Å². The number of hydrogen-bond acceptors (Lipinski definition) is 6. The fraction of sp³-hybridized carbons (Fsp3) is 0.0833. The lowest BCUT2D eigenvalue weighted by Crippen LogP contribution is -1.98. The van der Waals surface area contributed by atoms with Crippen molar-refractivity contribution in [3.05, 3.63) is 36.0 Å². The van der Waals surface area contributed by atoms with Crippen molar-refractivity contribution < 1.29 is 4.74 Å². The Morgan fingerprint density at radius 2 is 1.94 bits per heavy atom. The third-order valence-electron chi connectivity index (χ3n) is 2.29. The van der Waals surface area contributed by atoms with Crippen LogP contribution in [0.25, 0.3) is 0 Å². The van der Waals surface area contributed by atoms with Gasteiger partial charge in [-0.25, -0.2) is 4.98 Å². The zero-order valence-corrected chi connectivity index (χ0v) is 9.87. The van der Waals surface area contributed by atoms with Crippen LogP contribution >= 0.6 is 0 Å². The molecule has 6 nitrogen and oxygen atoms in total. The summed E-state index contributed by atoms with van der Waals surface area (Å²) < 4.78 is 5.07. The zero-order chi connectivity index (χ0) is 13.0. The lowest BCUT2D eigenvalue weighted by molar-refractivity contribution is 0.415. The average Bonchev–Trinajstić information content (AvgIpc) is 2.38. The van der Waals surface area contributed by atoms with E-state index in [2.05, 4.69) is 15.0 Å². The van der Waals surface area contributed by atoms with Crippen LogP contribution in [0.1, 0.15) is 5.56 Å². The van der Waals surface area contributed by atoms with Gasteiger partial charge in [0.2, 0.25) is 5.95 Å². The number of anilines is 2. The van der Waals surface area contributed by atoms with Crippen molar-refractivity contribution in [2.75, 3.05) is 18.6 Å². The number of ether oxygens (including phenoxy) is 1. The molecule has 0 radical (unpaired) electrons. The van der Waals surface area contributed by atoms with E-state index >= 15 is 0 Å². The van der Waals surface area contributed by atoms with Gasteiger partial charge in [0.1, 0.15) is 11.4 Å². The number of methoxy groups -OCH3 is 1. The van der Waals surface area contributed by atoms with E-state index in [4.69, 9.17) is 16.2 Å². The second-order valence-electron chi connectivity index (χ2n) is 3.53. The normalized spacial score (nSPS) is 10.7. The lowest BCUT2D eigenvalue weighted by atomic mass is 10.2. The molecule has 18 heavy (non-hydrogen) atoms. The first-order chi connectivity index (χ1) is 8.69. The van der Waals surface area contributed by atoms with Gasteiger partial charge in [-0.05, 0) is 29.8 Å². The zero-order valence-electron chi connectivity index (χ0n) is 9.87. The first kappa shape index (κ1) is 11.8. The summed E-state index contributed by atoms with van der Waals surface area (Å²) in [4.78, 5) is 11.9. The van der Waals surface area contributed by atoms with E-state index in [-0.39, 0.29) is 11.8 Å². The van der Waals surface area contributed by atoms with Crippen LogP contribution in [-0.4, -0.2) is 23.3 Å². The van der Waals surface area contributed by atoms with E-state index in [9.17, 15) is 0 Å². The molecule has 92 valence electrons. The lowest BCUT2D eigenvalue weighted by Gasteiger charge is -2.00. The largest absolute Gasteiger partial charge is 0.497 e. The van der Waals surface area contributed by atoms with Gasteiger partial charge < -0.3 is 16.2 Å². The number of hydrogen-bond donors (Lipinski definition) is 2. The van der Waals surface area contributed by atoms with Gasteiger partial charge >= 0.3 is 0 Å². The van der Waals surface area contributed by atoms with Crippen molar-refractivity contribution in [3.8, 4) is 5.75 Å². The van der Waals surface area contributed by atoms with Crippen LogP contribution in [0.15, 0.2) is 35.5 Å². The second-order valence-corrected chi connectivity index (χ2v) is 3.53. The van der Waals surface area contributed by atoms with Crippen LogP contribution in [0, 0.1) is 0 Å². The predicted molar refractivity (Wildman–Crippen MR) is 71.1 cm³/mol. The van der Waals surface area contributed by atoms with E-state index < -0.39 is 0 Å². The van der Waals surface area contributed by atoms with Crippen LogP contribution in [0.2, 0.25) is 0 Å². The molecule has 0 amide bonds. The highest BCUT2D eigenvalue weighted by atomic mass is 16.5. The molecule has 1 aromatic carbocycles. The number of nitrogens with two attached hydrogens (primary N) is 2. The van der Waals surface area contributed by atoms with Crippen LogP contribution in [0.4, 0.5) is 17.5 Å². The van der Waals surface area contributed by atoms with Crippen molar-refractivity contribution in [1.29, 1.82) is 0 Å². The van der Waals surface area contributed by atoms with E-state index in [1.165, 1.54) is 6.20 Å². The maximum atomic E-state index is 5.67. The standard InChI is InChI=1S/C12H13N5O/c1-18-9-4-2-8(3-5-9)6-15-10-7-16-12(14)17-11(10)13/h2-7H,1H3,(H4,13,14,16,17). The average molecular weight is 243 g/mol. The molecule has 0 spiro atoms. The number of nitrogens with zero attached hydrogens (tertiary/aromatic N) is 3. The summed E-state index contributed by atoms with van der Waals surface area (Å²) in [6, 6.07) is 7.47. The highest BCUT2D eigenvalue weighted by molar-refractivity contribution is 5.83. The van der Waals surface area contributed by atoms with E-state index in [1.54, 1.807) is 13.3 Å². The number of aliphatic imine (C=N–C) groups is 1. The molecule has 0 unspecified atom stereocenters. The van der Waals surface area contributed by atoms with Crippen molar-refractivity contribution in [1.82, 2.24) is 9.97 Å². The Morgan fingerprint density at radius 3 is 2.56 bits per heavy atom. The summed E-state index contributed by atoms with van der Waals surface area (Å²) in [7, 11) is 1.62. The van der Waals surface area contributed by atoms with Crippen molar-refractivity contribution in [2.45, 2.75) is 0 Å². The molecule has 6 heteroatoms. The van der Waals surface area contributed by atoms with Gasteiger partial charge in [0, 0.05) is 6.21 Å². The van der Waals surface area contributed by atoms with Gasteiger partial charge in [0.25, 0.3) is 0 Å². The van der Waals surface area contributed by atoms with Gasteiger partial charge in [0.15, 0.2) is 5.82 Å². The molecular weight excluding hydrogens is 230 g/mol. The minimum Gasteiger partial charge on any atom is -0.497 e. The summed E-state index contributed by atoms with van der Waals surface area (Å²) in [6.07, 6.45) is 3.16. The topological polar surface area (TPSA) is 99.4 Å². The summed E-state index contributed by atoms with van der Waals surface area (Å²) >= 11 is 0. The van der Waals surface area contributed by atoms with Crippen LogP contribution < -0.4 is 16.2 Å². The molecule has 2 rings (SSSR count). The Hall–Kier alpha value is -2.63. The molecule has 0 saturated heterocycles. The molecule has 0 aliphatic rings. The third kappa shape index (κ3) is 2.73. The first-order valence-corrected chi connectivity index (χ1v) is 5.25. The number of nitrogen functional groups attached to an aromatic ring is 2. The number of rotatable bonds is 3. The smallest absolute Gasteiger partial charge is 0.222 e. The minimum absolute atomic E-state index is 0.135. The quantitative estimate of drug-likeness (QED) is 0.794. The predicted octanol–water partition coefficient (Wildman–Crippen LogP) is 1.40. The molecular formula is C12H13N5O. The Bertz CT molecular complexity index is 565. The molecule has 1 aromatic heterocycles. The number of aromatic nitrogens is 2. The minimum atomic E-state index is 0.135. The molecule has 0 fully saturated rings. The molecule has 0 saturated carbocycles. The second kappa shape index (κ2) is 5.13.